The first-order valence-electron chi connectivity index (χ1n) is 9.38. The first-order valence-corrected chi connectivity index (χ1v) is 9.38. The van der Waals surface area contributed by atoms with Crippen molar-refractivity contribution in [1.29, 1.82) is 0 Å². The Kier molecular flexibility index (Phi) is 4.09. The monoisotopic (exact) mass is 381 g/mol. The van der Waals surface area contributed by atoms with Crippen LogP contribution < -0.4 is 5.32 Å². The molecule has 0 aliphatic rings. The molecule has 0 spiro atoms. The SMILES string of the molecule is Cc1noc(C)c1-c1ccc(-c2nc3ccncn3c2Nc2ccccc2)cc1. The van der Waals surface area contributed by atoms with Crippen LogP contribution in [0.5, 0.6) is 0 Å². The standard InChI is InChI=1S/C23H19N5O/c1-15-21(16(2)29-27-15)17-8-10-18(11-9-17)22-23(25-19-6-4-3-5-7-19)28-14-24-13-12-20(28)26-22/h3-14,25H,1-2H3. The molecule has 1 N–H and O–H groups in total. The maximum absolute atomic E-state index is 5.31. The normalized spacial score (nSPS) is 11.1. The molecular formula is C23H19N5O. The van der Waals surface area contributed by atoms with Crippen LogP contribution in [-0.2, 0) is 0 Å². The summed E-state index contributed by atoms with van der Waals surface area (Å²) in [4.78, 5) is 9.09. The molecule has 3 aromatic heterocycles. The van der Waals surface area contributed by atoms with Gasteiger partial charge in [-0.25, -0.2) is 9.97 Å². The third kappa shape index (κ3) is 3.04. The number of fused-ring (bicyclic) bond motifs is 1. The van der Waals surface area contributed by atoms with Crippen molar-refractivity contribution in [3.05, 3.63) is 84.6 Å². The molecule has 0 radical (unpaired) electrons. The molecule has 0 atom stereocenters. The Morgan fingerprint density at radius 2 is 1.66 bits per heavy atom. The Morgan fingerprint density at radius 1 is 0.897 bits per heavy atom. The summed E-state index contributed by atoms with van der Waals surface area (Å²) >= 11 is 0. The van der Waals surface area contributed by atoms with Gasteiger partial charge in [-0.1, -0.05) is 47.6 Å². The number of anilines is 2. The van der Waals surface area contributed by atoms with Gasteiger partial charge in [0.05, 0.1) is 5.69 Å². The van der Waals surface area contributed by atoms with E-state index in [9.17, 15) is 0 Å². The van der Waals surface area contributed by atoms with Gasteiger partial charge >= 0.3 is 0 Å². The van der Waals surface area contributed by atoms with Crippen LogP contribution in [0.3, 0.4) is 0 Å². The molecule has 142 valence electrons. The molecule has 0 amide bonds. The van der Waals surface area contributed by atoms with Crippen molar-refractivity contribution in [2.45, 2.75) is 13.8 Å². The Labute approximate surface area is 167 Å². The van der Waals surface area contributed by atoms with E-state index in [-0.39, 0.29) is 0 Å². The number of rotatable bonds is 4. The smallest absolute Gasteiger partial charge is 0.144 e. The van der Waals surface area contributed by atoms with E-state index >= 15 is 0 Å². The van der Waals surface area contributed by atoms with E-state index in [1.165, 1.54) is 0 Å². The number of benzene rings is 2. The predicted molar refractivity (Wildman–Crippen MR) is 113 cm³/mol. The zero-order valence-corrected chi connectivity index (χ0v) is 16.1. The molecule has 0 unspecified atom stereocenters. The summed E-state index contributed by atoms with van der Waals surface area (Å²) in [6.07, 6.45) is 3.52. The molecule has 0 aliphatic carbocycles. The van der Waals surface area contributed by atoms with Crippen molar-refractivity contribution in [2.24, 2.45) is 0 Å². The number of nitrogens with one attached hydrogen (secondary N) is 1. The van der Waals surface area contributed by atoms with Crippen LogP contribution in [-0.4, -0.2) is 19.5 Å². The van der Waals surface area contributed by atoms with Crippen molar-refractivity contribution in [3.8, 4) is 22.4 Å². The summed E-state index contributed by atoms with van der Waals surface area (Å²) in [6.45, 7) is 3.89. The average molecular weight is 381 g/mol. The van der Waals surface area contributed by atoms with Gasteiger partial charge in [0.25, 0.3) is 0 Å². The van der Waals surface area contributed by atoms with E-state index in [1.54, 1.807) is 12.5 Å². The summed E-state index contributed by atoms with van der Waals surface area (Å²) in [6, 6.07) is 20.3. The van der Waals surface area contributed by atoms with Crippen molar-refractivity contribution >= 4 is 17.2 Å². The van der Waals surface area contributed by atoms with E-state index in [2.05, 4.69) is 39.7 Å². The van der Waals surface area contributed by atoms with Gasteiger partial charge in [0.1, 0.15) is 29.2 Å². The van der Waals surface area contributed by atoms with Gasteiger partial charge in [0.15, 0.2) is 0 Å². The molecule has 2 aromatic carbocycles. The summed E-state index contributed by atoms with van der Waals surface area (Å²) in [5.74, 6) is 1.70. The van der Waals surface area contributed by atoms with Gasteiger partial charge in [-0.3, -0.25) is 4.40 Å². The first-order chi connectivity index (χ1) is 14.2. The molecule has 5 rings (SSSR count). The van der Waals surface area contributed by atoms with Gasteiger partial charge in [0.2, 0.25) is 0 Å². The fraction of sp³-hybridized carbons (Fsp3) is 0.0870. The third-order valence-electron chi connectivity index (χ3n) is 4.95. The minimum Gasteiger partial charge on any atom is -0.361 e. The molecule has 6 heteroatoms. The van der Waals surface area contributed by atoms with Crippen molar-refractivity contribution in [2.75, 3.05) is 5.32 Å². The highest BCUT2D eigenvalue weighted by molar-refractivity contribution is 5.81. The van der Waals surface area contributed by atoms with Crippen molar-refractivity contribution in [1.82, 2.24) is 19.5 Å². The quantitative estimate of drug-likeness (QED) is 0.451. The highest BCUT2D eigenvalue weighted by Crippen LogP contribution is 2.33. The van der Waals surface area contributed by atoms with Crippen LogP contribution in [0, 0.1) is 13.8 Å². The fourth-order valence-corrected chi connectivity index (χ4v) is 3.57. The topological polar surface area (TPSA) is 68.2 Å². The minimum atomic E-state index is 0.820. The molecule has 0 saturated carbocycles. The van der Waals surface area contributed by atoms with E-state index in [4.69, 9.17) is 9.51 Å². The molecule has 0 fully saturated rings. The van der Waals surface area contributed by atoms with Gasteiger partial charge in [-0.2, -0.15) is 0 Å². The lowest BCUT2D eigenvalue weighted by atomic mass is 10.0. The number of nitrogens with zero attached hydrogens (tertiary/aromatic N) is 4. The largest absolute Gasteiger partial charge is 0.361 e. The van der Waals surface area contributed by atoms with E-state index in [0.717, 1.165) is 51.0 Å². The summed E-state index contributed by atoms with van der Waals surface area (Å²) in [7, 11) is 0. The van der Waals surface area contributed by atoms with Crippen molar-refractivity contribution < 1.29 is 4.52 Å². The lowest BCUT2D eigenvalue weighted by molar-refractivity contribution is 0.393. The molecular weight excluding hydrogens is 362 g/mol. The highest BCUT2D eigenvalue weighted by atomic mass is 16.5. The van der Waals surface area contributed by atoms with Crippen LogP contribution in [0.15, 0.2) is 77.7 Å². The van der Waals surface area contributed by atoms with E-state index < -0.39 is 0 Å². The predicted octanol–water partition coefficient (Wildman–Crippen LogP) is 5.41. The second-order valence-electron chi connectivity index (χ2n) is 6.89. The molecule has 6 nitrogen and oxygen atoms in total. The molecule has 3 heterocycles. The summed E-state index contributed by atoms with van der Waals surface area (Å²) in [5, 5.41) is 7.55. The zero-order valence-electron chi connectivity index (χ0n) is 16.1. The van der Waals surface area contributed by atoms with Gasteiger partial charge in [-0.05, 0) is 37.6 Å². The van der Waals surface area contributed by atoms with Gasteiger partial charge in [0, 0.05) is 23.0 Å². The van der Waals surface area contributed by atoms with E-state index in [1.807, 2.05) is 54.6 Å². The van der Waals surface area contributed by atoms with Gasteiger partial charge in [-0.15, -0.1) is 0 Å². The summed E-state index contributed by atoms with van der Waals surface area (Å²) in [5.41, 5.74) is 6.72. The second-order valence-corrected chi connectivity index (χ2v) is 6.89. The molecule has 5 aromatic rings. The number of hydrogen-bond donors (Lipinski definition) is 1. The Balaban J connectivity index is 1.60. The number of aryl methyl sites for hydroxylation is 2. The molecule has 0 bridgehead atoms. The van der Waals surface area contributed by atoms with E-state index in [0.29, 0.717) is 0 Å². The number of imidazole rings is 1. The van der Waals surface area contributed by atoms with Crippen LogP contribution in [0.25, 0.3) is 28.0 Å². The van der Waals surface area contributed by atoms with Crippen LogP contribution in [0.4, 0.5) is 11.5 Å². The van der Waals surface area contributed by atoms with Gasteiger partial charge < -0.3 is 9.84 Å². The molecule has 0 aliphatic heterocycles. The zero-order chi connectivity index (χ0) is 19.8. The van der Waals surface area contributed by atoms with Crippen LogP contribution >= 0.6 is 0 Å². The Bertz CT molecular complexity index is 1270. The van der Waals surface area contributed by atoms with Crippen LogP contribution in [0.1, 0.15) is 11.5 Å². The average Bonchev–Trinajstić information content (AvgIpc) is 3.29. The lowest BCUT2D eigenvalue weighted by Crippen LogP contribution is -1.97. The number of hydrogen-bond acceptors (Lipinski definition) is 5. The number of aromatic nitrogens is 4. The Hall–Kier alpha value is -3.93. The summed E-state index contributed by atoms with van der Waals surface area (Å²) < 4.78 is 7.27. The first kappa shape index (κ1) is 17.2. The lowest BCUT2D eigenvalue weighted by Gasteiger charge is -2.09. The molecule has 0 saturated heterocycles. The number of para-hydroxylation sites is 1. The second kappa shape index (κ2) is 6.91. The van der Waals surface area contributed by atoms with Crippen molar-refractivity contribution in [3.63, 3.8) is 0 Å². The molecule has 29 heavy (non-hydrogen) atoms. The maximum atomic E-state index is 5.31. The maximum Gasteiger partial charge on any atom is 0.144 e. The minimum absolute atomic E-state index is 0.820. The third-order valence-corrected chi connectivity index (χ3v) is 4.95. The Morgan fingerprint density at radius 3 is 2.38 bits per heavy atom. The van der Waals surface area contributed by atoms with Crippen LogP contribution in [0.2, 0.25) is 0 Å². The highest BCUT2D eigenvalue weighted by Gasteiger charge is 2.16. The fourth-order valence-electron chi connectivity index (χ4n) is 3.57.